The molecule has 1 fully saturated rings. The lowest BCUT2D eigenvalue weighted by atomic mass is 10.0. The van der Waals surface area contributed by atoms with Crippen LogP contribution in [0.15, 0.2) is 47.4 Å². The van der Waals surface area contributed by atoms with Crippen molar-refractivity contribution >= 4 is 66.9 Å². The Kier molecular flexibility index (Phi) is 9.45. The maximum absolute atomic E-state index is 13.4. The van der Waals surface area contributed by atoms with E-state index in [9.17, 15) is 13.2 Å². The number of carbonyl (C=O) groups excluding carboxylic acids is 1. The third kappa shape index (κ3) is 6.22. The maximum Gasteiger partial charge on any atom is 0.328 e. The van der Waals surface area contributed by atoms with Gasteiger partial charge < -0.3 is 10.1 Å². The van der Waals surface area contributed by atoms with Crippen molar-refractivity contribution in [2.24, 2.45) is 5.92 Å². The van der Waals surface area contributed by atoms with Crippen LogP contribution >= 0.6 is 34.2 Å². The fourth-order valence-corrected chi connectivity index (χ4v) is 7.72. The van der Waals surface area contributed by atoms with Crippen LogP contribution in [0, 0.1) is 5.92 Å². The lowest BCUT2D eigenvalue weighted by Gasteiger charge is -2.34. The number of benzene rings is 2. The van der Waals surface area contributed by atoms with Crippen molar-refractivity contribution in [2.75, 3.05) is 38.6 Å². The summed E-state index contributed by atoms with van der Waals surface area (Å²) in [5.41, 5.74) is 1.40. The second-order valence-electron chi connectivity index (χ2n) is 9.43. The van der Waals surface area contributed by atoms with Gasteiger partial charge in [0.1, 0.15) is 17.7 Å². The Hall–Kier alpha value is -2.06. The van der Waals surface area contributed by atoms with Crippen molar-refractivity contribution in [1.29, 1.82) is 0 Å². The number of alkyl halides is 1. The first-order valence-corrected chi connectivity index (χ1v) is 15.7. The minimum Gasteiger partial charge on any atom is -0.467 e. The molecule has 0 spiro atoms. The fraction of sp³-hybridized carbons (Fsp3) is 0.423. The van der Waals surface area contributed by atoms with Crippen LogP contribution in [0.5, 0.6) is 0 Å². The Morgan fingerprint density at radius 3 is 2.47 bits per heavy atom. The highest BCUT2D eigenvalue weighted by atomic mass is 127. The average molecular weight is 672 g/mol. The van der Waals surface area contributed by atoms with E-state index in [2.05, 4.69) is 32.8 Å². The number of para-hydroxylation sites is 1. The van der Waals surface area contributed by atoms with Crippen molar-refractivity contribution in [3.63, 3.8) is 0 Å². The Bertz CT molecular complexity index is 1410. The SMILES string of the molecule is COC(=O)[C@@H](Nc1nc(CN2CCN(S(=O)(=O)c3cccc(Cl)c3CI)CC2)nc2ccccc12)C(C)C. The van der Waals surface area contributed by atoms with Gasteiger partial charge in [-0.3, -0.25) is 4.90 Å². The fourth-order valence-electron chi connectivity index (χ4n) is 4.45. The van der Waals surface area contributed by atoms with E-state index in [0.717, 1.165) is 10.9 Å². The van der Waals surface area contributed by atoms with E-state index < -0.39 is 16.1 Å². The molecular weight excluding hydrogens is 641 g/mol. The number of anilines is 1. The van der Waals surface area contributed by atoms with Crippen LogP contribution in [-0.2, 0) is 30.5 Å². The van der Waals surface area contributed by atoms with Crippen LogP contribution in [0.25, 0.3) is 10.9 Å². The molecule has 1 aliphatic heterocycles. The number of carbonyl (C=O) groups is 1. The van der Waals surface area contributed by atoms with E-state index >= 15 is 0 Å². The number of nitrogens with one attached hydrogen (secondary N) is 1. The highest BCUT2D eigenvalue weighted by Crippen LogP contribution is 2.29. The standard InChI is InChI=1S/C26H31ClIN5O4S/c1-17(2)24(26(34)37-3)31-25-18-7-4-5-9-21(18)29-23(30-25)16-32-11-13-33(14-12-32)38(35,36)22-10-6-8-20(27)19(22)15-28/h4-10,17,24H,11-16H2,1-3H3,(H,29,30,31)/t24-/m0/s1. The minimum absolute atomic E-state index is 0.0122. The number of rotatable bonds is 9. The molecular formula is C26H31ClIN5O4S. The molecule has 1 aromatic heterocycles. The number of nitrogens with zero attached hydrogens (tertiary/aromatic N) is 4. The van der Waals surface area contributed by atoms with E-state index in [1.54, 1.807) is 18.2 Å². The number of halogens is 2. The molecule has 1 saturated heterocycles. The zero-order valence-electron chi connectivity index (χ0n) is 21.5. The minimum atomic E-state index is -3.66. The summed E-state index contributed by atoms with van der Waals surface area (Å²) in [6, 6.07) is 12.1. The summed E-state index contributed by atoms with van der Waals surface area (Å²) in [5.74, 6) is 0.800. The number of hydrogen-bond donors (Lipinski definition) is 1. The second-order valence-corrected chi connectivity index (χ2v) is 12.5. The molecule has 2 heterocycles. The highest BCUT2D eigenvalue weighted by molar-refractivity contribution is 14.1. The smallest absolute Gasteiger partial charge is 0.328 e. The Balaban J connectivity index is 1.52. The summed E-state index contributed by atoms with van der Waals surface area (Å²) in [4.78, 5) is 24.3. The van der Waals surface area contributed by atoms with E-state index in [0.29, 0.717) is 59.4 Å². The molecule has 1 aliphatic rings. The summed E-state index contributed by atoms with van der Waals surface area (Å²) < 4.78 is 33.8. The van der Waals surface area contributed by atoms with Crippen molar-refractivity contribution in [1.82, 2.24) is 19.2 Å². The predicted molar refractivity (Wildman–Crippen MR) is 157 cm³/mol. The van der Waals surface area contributed by atoms with E-state index in [1.165, 1.54) is 11.4 Å². The molecule has 0 amide bonds. The summed E-state index contributed by atoms with van der Waals surface area (Å²) in [7, 11) is -2.29. The van der Waals surface area contributed by atoms with Crippen LogP contribution < -0.4 is 5.32 Å². The van der Waals surface area contributed by atoms with Gasteiger partial charge in [0.15, 0.2) is 0 Å². The number of sulfonamides is 1. The van der Waals surface area contributed by atoms with Gasteiger partial charge in [0.2, 0.25) is 10.0 Å². The van der Waals surface area contributed by atoms with Crippen LogP contribution in [0.1, 0.15) is 25.2 Å². The van der Waals surface area contributed by atoms with Gasteiger partial charge in [-0.05, 0) is 30.2 Å². The second kappa shape index (κ2) is 12.4. The average Bonchev–Trinajstić information content (AvgIpc) is 2.91. The van der Waals surface area contributed by atoms with Crippen LogP contribution in [0.3, 0.4) is 0 Å². The van der Waals surface area contributed by atoms with Gasteiger partial charge in [0.05, 0.1) is 24.1 Å². The molecule has 0 saturated carbocycles. The van der Waals surface area contributed by atoms with Gasteiger partial charge in [-0.15, -0.1) is 0 Å². The molecule has 12 heteroatoms. The van der Waals surface area contributed by atoms with Crippen molar-refractivity contribution in [3.05, 3.63) is 58.9 Å². The molecule has 204 valence electrons. The lowest BCUT2D eigenvalue weighted by Crippen LogP contribution is -2.48. The molecule has 9 nitrogen and oxygen atoms in total. The number of methoxy groups -OCH3 is 1. The van der Waals surface area contributed by atoms with Gasteiger partial charge in [-0.25, -0.2) is 23.2 Å². The maximum atomic E-state index is 13.4. The van der Waals surface area contributed by atoms with Gasteiger partial charge in [-0.2, -0.15) is 4.31 Å². The Labute approximate surface area is 242 Å². The lowest BCUT2D eigenvalue weighted by molar-refractivity contribution is -0.142. The highest BCUT2D eigenvalue weighted by Gasteiger charge is 2.31. The third-order valence-electron chi connectivity index (χ3n) is 6.59. The summed E-state index contributed by atoms with van der Waals surface area (Å²) in [5, 5.41) is 4.54. The molecule has 0 bridgehead atoms. The first kappa shape index (κ1) is 28.9. The summed E-state index contributed by atoms with van der Waals surface area (Å²) >= 11 is 8.41. The zero-order valence-corrected chi connectivity index (χ0v) is 25.3. The first-order valence-electron chi connectivity index (χ1n) is 12.3. The molecule has 4 rings (SSSR count). The summed E-state index contributed by atoms with van der Waals surface area (Å²) in [6.07, 6.45) is 0. The van der Waals surface area contributed by atoms with Crippen LogP contribution in [0.4, 0.5) is 5.82 Å². The largest absolute Gasteiger partial charge is 0.467 e. The van der Waals surface area contributed by atoms with Crippen LogP contribution in [0.2, 0.25) is 5.02 Å². The Morgan fingerprint density at radius 2 is 1.82 bits per heavy atom. The molecule has 2 aromatic carbocycles. The first-order chi connectivity index (χ1) is 18.1. The predicted octanol–water partition coefficient (Wildman–Crippen LogP) is 4.33. The Morgan fingerprint density at radius 1 is 1.11 bits per heavy atom. The van der Waals surface area contributed by atoms with Gasteiger partial charge in [0, 0.05) is 46.6 Å². The van der Waals surface area contributed by atoms with Crippen molar-refractivity contribution in [3.8, 4) is 0 Å². The molecule has 0 radical (unpaired) electrons. The molecule has 1 atom stereocenters. The van der Waals surface area contributed by atoms with E-state index in [-0.39, 0.29) is 16.8 Å². The molecule has 0 aliphatic carbocycles. The molecule has 38 heavy (non-hydrogen) atoms. The van der Waals surface area contributed by atoms with Gasteiger partial charge in [-0.1, -0.05) is 66.2 Å². The number of ether oxygens (including phenoxy) is 1. The quantitative estimate of drug-likeness (QED) is 0.204. The van der Waals surface area contributed by atoms with Crippen molar-refractivity contribution < 1.29 is 17.9 Å². The molecule has 1 N–H and O–H groups in total. The number of aromatic nitrogens is 2. The van der Waals surface area contributed by atoms with Crippen LogP contribution in [-0.4, -0.2) is 72.9 Å². The third-order valence-corrected chi connectivity index (χ3v) is 9.69. The van der Waals surface area contributed by atoms with E-state index in [1.807, 2.05) is 38.1 Å². The zero-order chi connectivity index (χ0) is 27.4. The summed E-state index contributed by atoms with van der Waals surface area (Å²) in [6.45, 7) is 6.12. The topological polar surface area (TPSA) is 105 Å². The van der Waals surface area contributed by atoms with Crippen molar-refractivity contribution in [2.45, 2.75) is 35.8 Å². The number of fused-ring (bicyclic) bond motifs is 1. The molecule has 0 unspecified atom stereocenters. The van der Waals surface area contributed by atoms with Gasteiger partial charge >= 0.3 is 5.97 Å². The number of hydrogen-bond acceptors (Lipinski definition) is 8. The van der Waals surface area contributed by atoms with E-state index in [4.69, 9.17) is 26.3 Å². The number of esters is 1. The number of piperazine rings is 1. The monoisotopic (exact) mass is 671 g/mol. The normalized spacial score (nSPS) is 16.1. The van der Waals surface area contributed by atoms with Gasteiger partial charge in [0.25, 0.3) is 0 Å². The molecule has 3 aromatic rings.